The van der Waals surface area contributed by atoms with E-state index in [2.05, 4.69) is 9.88 Å². The molecule has 0 N–H and O–H groups in total. The van der Waals surface area contributed by atoms with Crippen LogP contribution in [-0.2, 0) is 9.53 Å². The molecule has 1 aromatic heterocycles. The zero-order valence-electron chi connectivity index (χ0n) is 15.4. The Balaban J connectivity index is 1.50. The lowest BCUT2D eigenvalue weighted by Crippen LogP contribution is -2.55. The molecule has 140 valence electrons. The van der Waals surface area contributed by atoms with Crippen LogP contribution >= 0.6 is 0 Å². The largest absolute Gasteiger partial charge is 0.381 e. The highest BCUT2D eigenvalue weighted by molar-refractivity contribution is 5.95. The highest BCUT2D eigenvalue weighted by Gasteiger charge is 2.50. The van der Waals surface area contributed by atoms with E-state index in [0.29, 0.717) is 24.8 Å². The van der Waals surface area contributed by atoms with Crippen LogP contribution in [0.3, 0.4) is 0 Å². The van der Waals surface area contributed by atoms with Crippen molar-refractivity contribution in [2.75, 3.05) is 32.8 Å². The topological polar surface area (TPSA) is 62.7 Å². The fraction of sp³-hybridized carbons (Fsp3) is 0.650. The van der Waals surface area contributed by atoms with Crippen LogP contribution in [0.4, 0.5) is 0 Å². The maximum Gasteiger partial charge on any atom is 0.272 e. The van der Waals surface area contributed by atoms with E-state index in [9.17, 15) is 9.59 Å². The first-order valence-corrected chi connectivity index (χ1v) is 9.70. The number of hydrogen-bond acceptors (Lipinski definition) is 4. The number of hydrogen-bond donors (Lipinski definition) is 0. The molecule has 4 heterocycles. The molecule has 0 unspecified atom stereocenters. The average Bonchev–Trinajstić information content (AvgIpc) is 3.10. The number of likely N-dealkylation sites (tertiary alicyclic amines) is 2. The Hall–Kier alpha value is -1.95. The molecule has 6 heteroatoms. The number of nitrogens with zero attached hydrogens (tertiary/aromatic N) is 3. The number of carbonyl (C=O) groups excluding carboxylic acids is 2. The van der Waals surface area contributed by atoms with Gasteiger partial charge in [0.15, 0.2) is 0 Å². The summed E-state index contributed by atoms with van der Waals surface area (Å²) in [6.07, 6.45) is 6.19. The molecular formula is C20H27N3O3. The fourth-order valence-electron chi connectivity index (χ4n) is 4.73. The van der Waals surface area contributed by atoms with Crippen molar-refractivity contribution in [3.05, 3.63) is 29.6 Å². The van der Waals surface area contributed by atoms with Gasteiger partial charge in [-0.3, -0.25) is 14.6 Å². The van der Waals surface area contributed by atoms with Crippen LogP contribution in [0, 0.1) is 12.3 Å². The van der Waals surface area contributed by atoms with Gasteiger partial charge in [0.25, 0.3) is 5.91 Å². The Morgan fingerprint density at radius 2 is 2.08 bits per heavy atom. The molecule has 3 saturated heterocycles. The molecule has 3 aliphatic heterocycles. The van der Waals surface area contributed by atoms with E-state index in [1.165, 1.54) is 0 Å². The van der Waals surface area contributed by atoms with E-state index in [1.807, 2.05) is 24.0 Å². The smallest absolute Gasteiger partial charge is 0.272 e. The Bertz CT molecular complexity index is 701. The predicted molar refractivity (Wildman–Crippen MR) is 96.7 cm³/mol. The molecular weight excluding hydrogens is 330 g/mol. The summed E-state index contributed by atoms with van der Waals surface area (Å²) < 4.78 is 5.45. The zero-order chi connectivity index (χ0) is 18.1. The average molecular weight is 357 g/mol. The second-order valence-electron chi connectivity index (χ2n) is 7.87. The van der Waals surface area contributed by atoms with Gasteiger partial charge in [-0.2, -0.15) is 0 Å². The number of pyridine rings is 1. The van der Waals surface area contributed by atoms with Gasteiger partial charge in [-0.15, -0.1) is 0 Å². The number of rotatable bonds is 2. The maximum absolute atomic E-state index is 13.4. The van der Waals surface area contributed by atoms with E-state index in [0.717, 1.165) is 57.4 Å². The van der Waals surface area contributed by atoms with E-state index in [1.54, 1.807) is 6.20 Å². The fourth-order valence-corrected chi connectivity index (χ4v) is 4.73. The van der Waals surface area contributed by atoms with Gasteiger partial charge in [0.05, 0.1) is 5.41 Å². The first-order chi connectivity index (χ1) is 12.6. The van der Waals surface area contributed by atoms with Crippen LogP contribution in [0.1, 0.15) is 48.2 Å². The quantitative estimate of drug-likeness (QED) is 0.812. The van der Waals surface area contributed by atoms with Crippen molar-refractivity contribution in [1.29, 1.82) is 0 Å². The maximum atomic E-state index is 13.4. The number of ether oxygens (including phenoxy) is 1. The third-order valence-corrected chi connectivity index (χ3v) is 6.25. The number of carbonyl (C=O) groups is 2. The molecule has 0 aromatic carbocycles. The summed E-state index contributed by atoms with van der Waals surface area (Å²) in [6, 6.07) is 4.05. The van der Waals surface area contributed by atoms with E-state index >= 15 is 0 Å². The Labute approximate surface area is 154 Å². The van der Waals surface area contributed by atoms with Gasteiger partial charge < -0.3 is 14.5 Å². The van der Waals surface area contributed by atoms with Gasteiger partial charge >= 0.3 is 0 Å². The number of amides is 2. The SMILES string of the molecule is Cc1cccnc1C(=O)N1CC[C@]2(CCCN(C3CCOCC3)C2=O)C1. The lowest BCUT2D eigenvalue weighted by atomic mass is 9.77. The predicted octanol–water partition coefficient (Wildman–Crippen LogP) is 2.02. The van der Waals surface area contributed by atoms with Crippen molar-refractivity contribution in [3.63, 3.8) is 0 Å². The minimum atomic E-state index is -0.394. The molecule has 4 rings (SSSR count). The Morgan fingerprint density at radius 1 is 1.27 bits per heavy atom. The van der Waals surface area contributed by atoms with Crippen LogP contribution in [0.5, 0.6) is 0 Å². The van der Waals surface area contributed by atoms with Crippen molar-refractivity contribution in [2.24, 2.45) is 5.41 Å². The zero-order valence-corrected chi connectivity index (χ0v) is 15.4. The molecule has 1 aromatic rings. The number of piperidine rings is 1. The summed E-state index contributed by atoms with van der Waals surface area (Å²) in [7, 11) is 0. The van der Waals surface area contributed by atoms with Gasteiger partial charge in [0.1, 0.15) is 5.69 Å². The first kappa shape index (κ1) is 17.5. The van der Waals surface area contributed by atoms with Crippen LogP contribution in [0.25, 0.3) is 0 Å². The molecule has 3 aliphatic rings. The first-order valence-electron chi connectivity index (χ1n) is 9.70. The summed E-state index contributed by atoms with van der Waals surface area (Å²) in [5, 5.41) is 0. The van der Waals surface area contributed by atoms with Gasteiger partial charge in [-0.05, 0) is 50.7 Å². The monoisotopic (exact) mass is 357 g/mol. The van der Waals surface area contributed by atoms with Gasteiger partial charge in [0, 0.05) is 45.1 Å². The Kier molecular flexibility index (Phi) is 4.69. The van der Waals surface area contributed by atoms with Crippen LogP contribution < -0.4 is 0 Å². The number of aromatic nitrogens is 1. The van der Waals surface area contributed by atoms with Crippen LogP contribution in [-0.4, -0.2) is 65.5 Å². The summed E-state index contributed by atoms with van der Waals surface area (Å²) in [4.78, 5) is 34.4. The molecule has 0 radical (unpaired) electrons. The minimum Gasteiger partial charge on any atom is -0.381 e. The van der Waals surface area contributed by atoms with Crippen molar-refractivity contribution < 1.29 is 14.3 Å². The lowest BCUT2D eigenvalue weighted by Gasteiger charge is -2.44. The standard InChI is InChI=1S/C20H27N3O3/c1-15-4-2-9-21-17(15)18(24)22-11-8-20(14-22)7-3-10-23(19(20)25)16-5-12-26-13-6-16/h2,4,9,16H,3,5-8,10-14H2,1H3/t20-/m1/s1. The molecule has 0 aliphatic carbocycles. The number of aryl methyl sites for hydroxylation is 1. The molecule has 1 spiro atoms. The molecule has 0 saturated carbocycles. The van der Waals surface area contributed by atoms with Gasteiger partial charge in [-0.1, -0.05) is 6.07 Å². The van der Waals surface area contributed by atoms with Gasteiger partial charge in [0.2, 0.25) is 5.91 Å². The molecule has 26 heavy (non-hydrogen) atoms. The summed E-state index contributed by atoms with van der Waals surface area (Å²) >= 11 is 0. The van der Waals surface area contributed by atoms with E-state index < -0.39 is 5.41 Å². The van der Waals surface area contributed by atoms with Gasteiger partial charge in [-0.25, -0.2) is 0 Å². The van der Waals surface area contributed by atoms with Crippen molar-refractivity contribution in [3.8, 4) is 0 Å². The van der Waals surface area contributed by atoms with Crippen molar-refractivity contribution >= 4 is 11.8 Å². The molecule has 1 atom stereocenters. The molecule has 0 bridgehead atoms. The van der Waals surface area contributed by atoms with Crippen LogP contribution in [0.15, 0.2) is 18.3 Å². The second kappa shape index (κ2) is 6.99. The van der Waals surface area contributed by atoms with Crippen molar-refractivity contribution in [2.45, 2.75) is 45.1 Å². The van der Waals surface area contributed by atoms with E-state index in [4.69, 9.17) is 4.74 Å². The summed E-state index contributed by atoms with van der Waals surface area (Å²) in [5.74, 6) is 0.208. The molecule has 3 fully saturated rings. The molecule has 2 amide bonds. The summed E-state index contributed by atoms with van der Waals surface area (Å²) in [6.45, 7) is 5.40. The third-order valence-electron chi connectivity index (χ3n) is 6.25. The normalized spacial score (nSPS) is 27.3. The minimum absolute atomic E-state index is 0.0454. The summed E-state index contributed by atoms with van der Waals surface area (Å²) in [5.41, 5.74) is 1.00. The van der Waals surface area contributed by atoms with Crippen LogP contribution in [0.2, 0.25) is 0 Å². The van der Waals surface area contributed by atoms with Crippen molar-refractivity contribution in [1.82, 2.24) is 14.8 Å². The van der Waals surface area contributed by atoms with E-state index in [-0.39, 0.29) is 11.8 Å². The highest BCUT2D eigenvalue weighted by atomic mass is 16.5. The Morgan fingerprint density at radius 3 is 2.85 bits per heavy atom. The highest BCUT2D eigenvalue weighted by Crippen LogP contribution is 2.41. The lowest BCUT2D eigenvalue weighted by molar-refractivity contribution is -0.150. The molecule has 6 nitrogen and oxygen atoms in total. The second-order valence-corrected chi connectivity index (χ2v) is 7.87. The third kappa shape index (κ3) is 3.00.